The van der Waals surface area contributed by atoms with Gasteiger partial charge >= 0.3 is 5.97 Å². The predicted molar refractivity (Wildman–Crippen MR) is 109 cm³/mol. The molecule has 0 unspecified atom stereocenters. The van der Waals surface area contributed by atoms with Crippen LogP contribution in [-0.4, -0.2) is 19.0 Å². The Balaban J connectivity index is 1.80. The highest BCUT2D eigenvalue weighted by Gasteiger charge is 2.32. The summed E-state index contributed by atoms with van der Waals surface area (Å²) in [6.45, 7) is 3.86. The van der Waals surface area contributed by atoms with Crippen molar-refractivity contribution in [2.24, 2.45) is 5.92 Å². The standard InChI is InChI=1S/C23H22N2O4/c1-14-5-4-6-19(15(14)2)25-22(26)18(13-24)11-16-7-10-20(21(12-16)28-3)29-23(27)17-8-9-17/h4-7,10-12,17H,8-9H2,1-3H3,(H,25,26)/b18-11+. The number of nitrogens with zero attached hydrogens (tertiary/aromatic N) is 1. The summed E-state index contributed by atoms with van der Waals surface area (Å²) in [5.41, 5.74) is 3.19. The van der Waals surface area contributed by atoms with Gasteiger partial charge in [0.2, 0.25) is 0 Å². The number of carbonyl (C=O) groups is 2. The fraction of sp³-hybridized carbons (Fsp3) is 0.261. The van der Waals surface area contributed by atoms with E-state index in [4.69, 9.17) is 9.47 Å². The van der Waals surface area contributed by atoms with Gasteiger partial charge in [0.25, 0.3) is 5.91 Å². The molecule has 1 aliphatic rings. The summed E-state index contributed by atoms with van der Waals surface area (Å²) < 4.78 is 10.7. The molecule has 0 saturated heterocycles. The lowest BCUT2D eigenvalue weighted by Gasteiger charge is -2.11. The van der Waals surface area contributed by atoms with Gasteiger partial charge in [-0.25, -0.2) is 0 Å². The van der Waals surface area contributed by atoms with Crippen molar-refractivity contribution in [2.45, 2.75) is 26.7 Å². The van der Waals surface area contributed by atoms with Crippen LogP contribution in [0, 0.1) is 31.1 Å². The summed E-state index contributed by atoms with van der Waals surface area (Å²) >= 11 is 0. The van der Waals surface area contributed by atoms with E-state index in [-0.39, 0.29) is 17.5 Å². The summed E-state index contributed by atoms with van der Waals surface area (Å²) in [6.07, 6.45) is 3.17. The van der Waals surface area contributed by atoms with Crippen LogP contribution >= 0.6 is 0 Å². The molecular weight excluding hydrogens is 368 g/mol. The van der Waals surface area contributed by atoms with Crippen LogP contribution in [0.1, 0.15) is 29.5 Å². The van der Waals surface area contributed by atoms with Gasteiger partial charge in [0.15, 0.2) is 11.5 Å². The number of hydrogen-bond acceptors (Lipinski definition) is 5. The van der Waals surface area contributed by atoms with Crippen molar-refractivity contribution in [2.75, 3.05) is 12.4 Å². The normalized spacial score (nSPS) is 13.4. The summed E-state index contributed by atoms with van der Waals surface area (Å²) in [5.74, 6) is -0.111. The number of benzene rings is 2. The first kappa shape index (κ1) is 20.2. The van der Waals surface area contributed by atoms with Crippen LogP contribution in [0.2, 0.25) is 0 Å². The first-order chi connectivity index (χ1) is 13.9. The second kappa shape index (κ2) is 8.61. The number of nitriles is 1. The van der Waals surface area contributed by atoms with Crippen LogP contribution in [0.15, 0.2) is 42.0 Å². The number of carbonyl (C=O) groups excluding carboxylic acids is 2. The third kappa shape index (κ3) is 4.82. The highest BCUT2D eigenvalue weighted by Crippen LogP contribution is 2.34. The summed E-state index contributed by atoms with van der Waals surface area (Å²) in [4.78, 5) is 24.4. The molecule has 0 aromatic heterocycles. The average Bonchev–Trinajstić information content (AvgIpc) is 3.55. The number of ether oxygens (including phenoxy) is 2. The molecule has 0 spiro atoms. The van der Waals surface area contributed by atoms with E-state index in [2.05, 4.69) is 5.32 Å². The summed E-state index contributed by atoms with van der Waals surface area (Å²) in [7, 11) is 1.47. The molecule has 2 aromatic rings. The Morgan fingerprint density at radius 1 is 1.17 bits per heavy atom. The minimum Gasteiger partial charge on any atom is -0.493 e. The molecule has 3 rings (SSSR count). The topological polar surface area (TPSA) is 88.4 Å². The molecule has 1 saturated carbocycles. The third-order valence-electron chi connectivity index (χ3n) is 4.84. The molecule has 29 heavy (non-hydrogen) atoms. The van der Waals surface area contributed by atoms with Crippen LogP contribution in [0.4, 0.5) is 5.69 Å². The zero-order valence-corrected chi connectivity index (χ0v) is 16.6. The van der Waals surface area contributed by atoms with Gasteiger partial charge in [-0.2, -0.15) is 5.26 Å². The molecule has 2 aromatic carbocycles. The molecule has 1 aliphatic carbocycles. The molecular formula is C23H22N2O4. The number of methoxy groups -OCH3 is 1. The smallest absolute Gasteiger partial charge is 0.314 e. The quantitative estimate of drug-likeness (QED) is 0.346. The molecule has 0 heterocycles. The Labute approximate surface area is 169 Å². The third-order valence-corrected chi connectivity index (χ3v) is 4.84. The number of nitrogens with one attached hydrogen (secondary N) is 1. The van der Waals surface area contributed by atoms with Gasteiger partial charge in [0.05, 0.1) is 13.0 Å². The lowest BCUT2D eigenvalue weighted by molar-refractivity contribution is -0.135. The van der Waals surface area contributed by atoms with Gasteiger partial charge < -0.3 is 14.8 Å². The van der Waals surface area contributed by atoms with Crippen LogP contribution in [0.25, 0.3) is 6.08 Å². The highest BCUT2D eigenvalue weighted by molar-refractivity contribution is 6.10. The first-order valence-electron chi connectivity index (χ1n) is 9.32. The lowest BCUT2D eigenvalue weighted by atomic mass is 10.1. The SMILES string of the molecule is COc1cc(/C=C(\C#N)C(=O)Nc2cccc(C)c2C)ccc1OC(=O)C1CC1. The van der Waals surface area contributed by atoms with Crippen LogP contribution in [-0.2, 0) is 9.59 Å². The van der Waals surface area contributed by atoms with Crippen molar-refractivity contribution in [3.63, 3.8) is 0 Å². The van der Waals surface area contributed by atoms with E-state index in [0.717, 1.165) is 24.0 Å². The molecule has 0 radical (unpaired) electrons. The Hall–Kier alpha value is -3.59. The van der Waals surface area contributed by atoms with Crippen molar-refractivity contribution >= 4 is 23.6 Å². The van der Waals surface area contributed by atoms with Gasteiger partial charge in [-0.1, -0.05) is 18.2 Å². The minimum absolute atomic E-state index is 0.0294. The molecule has 0 bridgehead atoms. The van der Waals surface area contributed by atoms with Crippen molar-refractivity contribution in [3.8, 4) is 17.6 Å². The zero-order valence-electron chi connectivity index (χ0n) is 16.6. The molecule has 0 aliphatic heterocycles. The number of hydrogen-bond donors (Lipinski definition) is 1. The Bertz CT molecular complexity index is 1030. The molecule has 148 valence electrons. The monoisotopic (exact) mass is 390 g/mol. The molecule has 6 heteroatoms. The zero-order chi connectivity index (χ0) is 21.0. The predicted octanol–water partition coefficient (Wildman–Crippen LogP) is 4.17. The van der Waals surface area contributed by atoms with Gasteiger partial charge in [-0.05, 0) is 67.7 Å². The average molecular weight is 390 g/mol. The Kier molecular flexibility index (Phi) is 5.99. The van der Waals surface area contributed by atoms with Crippen LogP contribution in [0.5, 0.6) is 11.5 Å². The maximum atomic E-state index is 12.6. The second-order valence-corrected chi connectivity index (χ2v) is 6.98. The van der Waals surface area contributed by atoms with E-state index in [1.54, 1.807) is 24.3 Å². The number of amides is 1. The molecule has 1 amide bonds. The van der Waals surface area contributed by atoms with E-state index in [9.17, 15) is 14.9 Å². The van der Waals surface area contributed by atoms with E-state index in [1.807, 2.05) is 32.0 Å². The van der Waals surface area contributed by atoms with Gasteiger partial charge in [-0.15, -0.1) is 0 Å². The summed E-state index contributed by atoms with van der Waals surface area (Å²) in [6, 6.07) is 12.4. The summed E-state index contributed by atoms with van der Waals surface area (Å²) in [5, 5.41) is 12.2. The number of esters is 1. The van der Waals surface area contributed by atoms with Gasteiger partial charge in [0.1, 0.15) is 11.6 Å². The maximum Gasteiger partial charge on any atom is 0.314 e. The fourth-order valence-electron chi connectivity index (χ4n) is 2.76. The number of aryl methyl sites for hydroxylation is 1. The van der Waals surface area contributed by atoms with Crippen LogP contribution in [0.3, 0.4) is 0 Å². The van der Waals surface area contributed by atoms with Crippen molar-refractivity contribution in [3.05, 3.63) is 58.7 Å². The molecule has 0 atom stereocenters. The van der Waals surface area contributed by atoms with E-state index in [0.29, 0.717) is 22.7 Å². The highest BCUT2D eigenvalue weighted by atomic mass is 16.6. The fourth-order valence-corrected chi connectivity index (χ4v) is 2.76. The molecule has 1 fully saturated rings. The van der Waals surface area contributed by atoms with E-state index in [1.165, 1.54) is 13.2 Å². The maximum absolute atomic E-state index is 12.6. The number of anilines is 1. The van der Waals surface area contributed by atoms with E-state index < -0.39 is 5.91 Å². The van der Waals surface area contributed by atoms with Gasteiger partial charge in [0, 0.05) is 5.69 Å². The van der Waals surface area contributed by atoms with Crippen molar-refractivity contribution < 1.29 is 19.1 Å². The molecule has 1 N–H and O–H groups in total. The Morgan fingerprint density at radius 3 is 2.59 bits per heavy atom. The first-order valence-corrected chi connectivity index (χ1v) is 9.32. The minimum atomic E-state index is -0.496. The van der Waals surface area contributed by atoms with Crippen molar-refractivity contribution in [1.29, 1.82) is 5.26 Å². The van der Waals surface area contributed by atoms with Crippen molar-refractivity contribution in [1.82, 2.24) is 0 Å². The molecule has 6 nitrogen and oxygen atoms in total. The Morgan fingerprint density at radius 2 is 1.93 bits per heavy atom. The lowest BCUT2D eigenvalue weighted by Crippen LogP contribution is -2.14. The van der Waals surface area contributed by atoms with Gasteiger partial charge in [-0.3, -0.25) is 9.59 Å². The largest absolute Gasteiger partial charge is 0.493 e. The van der Waals surface area contributed by atoms with E-state index >= 15 is 0 Å². The van der Waals surface area contributed by atoms with Crippen LogP contribution < -0.4 is 14.8 Å². The second-order valence-electron chi connectivity index (χ2n) is 6.98. The number of rotatable bonds is 6.